The summed E-state index contributed by atoms with van der Waals surface area (Å²) < 4.78 is 12.9. The van der Waals surface area contributed by atoms with Crippen LogP contribution in [-0.4, -0.2) is 36.4 Å². The van der Waals surface area contributed by atoms with Crippen LogP contribution in [0.4, 0.5) is 4.39 Å². The molecule has 3 nitrogen and oxygen atoms in total. The van der Waals surface area contributed by atoms with Crippen LogP contribution >= 0.6 is 24.8 Å². The predicted octanol–water partition coefficient (Wildman–Crippen LogP) is 5.13. The highest BCUT2D eigenvalue weighted by molar-refractivity contribution is 5.96. The maximum Gasteiger partial charge on any atom is 0.164 e. The van der Waals surface area contributed by atoms with Gasteiger partial charge in [0.15, 0.2) is 5.78 Å². The van der Waals surface area contributed by atoms with E-state index in [4.69, 9.17) is 0 Å². The molecule has 0 amide bonds. The van der Waals surface area contributed by atoms with Gasteiger partial charge in [-0.05, 0) is 68.6 Å². The normalized spacial score (nSPS) is 15.8. The second-order valence-corrected chi connectivity index (χ2v) is 7.52. The molecule has 1 heterocycles. The van der Waals surface area contributed by atoms with Gasteiger partial charge in [0.2, 0.25) is 0 Å². The molecule has 2 aromatic carbocycles. The number of hydrogen-bond acceptors (Lipinski definition) is 3. The summed E-state index contributed by atoms with van der Waals surface area (Å²) in [5.74, 6) is 0.405. The topological polar surface area (TPSA) is 32.3 Å². The number of benzene rings is 2. The average molecular weight is 441 g/mol. The molecule has 1 unspecified atom stereocenters. The van der Waals surface area contributed by atoms with Gasteiger partial charge in [0, 0.05) is 31.1 Å². The van der Waals surface area contributed by atoms with Gasteiger partial charge in [-0.1, -0.05) is 30.3 Å². The lowest BCUT2D eigenvalue weighted by Crippen LogP contribution is -2.42. The SMILES string of the molecule is CC(NCCC(=O)c1ccc(F)cc1)C1CCN(Cc2ccccc2)CC1.Cl.Cl. The van der Waals surface area contributed by atoms with E-state index < -0.39 is 0 Å². The molecule has 0 bridgehead atoms. The van der Waals surface area contributed by atoms with Crippen LogP contribution in [0.5, 0.6) is 0 Å². The minimum atomic E-state index is -0.308. The highest BCUT2D eigenvalue weighted by atomic mass is 35.5. The van der Waals surface area contributed by atoms with Gasteiger partial charge in [0.1, 0.15) is 5.82 Å². The van der Waals surface area contributed by atoms with Crippen molar-refractivity contribution in [3.63, 3.8) is 0 Å². The lowest BCUT2D eigenvalue weighted by molar-refractivity contribution is 0.0978. The third-order valence-corrected chi connectivity index (χ3v) is 5.57. The van der Waals surface area contributed by atoms with E-state index in [1.807, 2.05) is 0 Å². The number of hydrogen-bond donors (Lipinski definition) is 1. The first-order valence-electron chi connectivity index (χ1n) is 9.90. The van der Waals surface area contributed by atoms with Gasteiger partial charge < -0.3 is 5.32 Å². The maximum atomic E-state index is 12.9. The molecule has 29 heavy (non-hydrogen) atoms. The standard InChI is InChI=1S/C23H29FN2O.2ClH/c1-18(25-14-11-23(27)21-7-9-22(24)10-8-21)20-12-15-26(16-13-20)17-19-5-3-2-4-6-19;;/h2-10,18,20,25H,11-17H2,1H3;2*1H. The van der Waals surface area contributed by atoms with Gasteiger partial charge in [-0.15, -0.1) is 24.8 Å². The molecule has 2 aromatic rings. The molecule has 0 radical (unpaired) electrons. The molecule has 0 aromatic heterocycles. The first-order valence-corrected chi connectivity index (χ1v) is 9.90. The Balaban J connectivity index is 0.00000210. The summed E-state index contributed by atoms with van der Waals surface area (Å²) in [6, 6.07) is 16.8. The molecule has 3 rings (SSSR count). The second kappa shape index (κ2) is 13.0. The lowest BCUT2D eigenvalue weighted by atomic mass is 9.90. The summed E-state index contributed by atoms with van der Waals surface area (Å²) in [7, 11) is 0. The van der Waals surface area contributed by atoms with Crippen LogP contribution in [0.1, 0.15) is 42.1 Å². The minimum absolute atomic E-state index is 0. The molecule has 0 aliphatic carbocycles. The number of nitrogens with one attached hydrogen (secondary N) is 1. The highest BCUT2D eigenvalue weighted by Gasteiger charge is 2.23. The Labute approximate surface area is 185 Å². The summed E-state index contributed by atoms with van der Waals surface area (Å²) in [6.07, 6.45) is 2.82. The van der Waals surface area contributed by atoms with E-state index in [0.717, 1.165) is 19.6 Å². The predicted molar refractivity (Wildman–Crippen MR) is 122 cm³/mol. The summed E-state index contributed by atoms with van der Waals surface area (Å²) in [4.78, 5) is 14.7. The number of nitrogens with zero attached hydrogens (tertiary/aromatic N) is 1. The molecule has 1 N–H and O–H groups in total. The van der Waals surface area contributed by atoms with Gasteiger partial charge in [-0.3, -0.25) is 9.69 Å². The summed E-state index contributed by atoms with van der Waals surface area (Å²) >= 11 is 0. The Morgan fingerprint density at radius 3 is 2.31 bits per heavy atom. The van der Waals surface area contributed by atoms with Crippen LogP contribution in [0.2, 0.25) is 0 Å². The number of carbonyl (C=O) groups is 1. The van der Waals surface area contributed by atoms with E-state index in [1.54, 1.807) is 12.1 Å². The van der Waals surface area contributed by atoms with Crippen molar-refractivity contribution in [1.82, 2.24) is 10.2 Å². The Bertz CT molecular complexity index is 719. The van der Waals surface area contributed by atoms with Crippen molar-refractivity contribution < 1.29 is 9.18 Å². The molecule has 1 fully saturated rings. The molecule has 1 atom stereocenters. The van der Waals surface area contributed by atoms with Crippen molar-refractivity contribution in [3.8, 4) is 0 Å². The van der Waals surface area contributed by atoms with Crippen LogP contribution in [0.3, 0.4) is 0 Å². The number of piperidine rings is 1. The average Bonchev–Trinajstić information content (AvgIpc) is 2.69. The van der Waals surface area contributed by atoms with E-state index in [-0.39, 0.29) is 36.4 Å². The zero-order valence-electron chi connectivity index (χ0n) is 16.9. The third kappa shape index (κ3) is 8.06. The molecule has 1 aliphatic rings. The van der Waals surface area contributed by atoms with E-state index in [0.29, 0.717) is 30.5 Å². The zero-order valence-corrected chi connectivity index (χ0v) is 18.5. The minimum Gasteiger partial charge on any atom is -0.314 e. The van der Waals surface area contributed by atoms with Gasteiger partial charge in [-0.25, -0.2) is 4.39 Å². The quantitative estimate of drug-likeness (QED) is 0.577. The van der Waals surface area contributed by atoms with Crippen molar-refractivity contribution in [2.75, 3.05) is 19.6 Å². The highest BCUT2D eigenvalue weighted by Crippen LogP contribution is 2.22. The number of Topliss-reactive ketones (excluding diaryl/α,β-unsaturated/α-hetero) is 1. The van der Waals surface area contributed by atoms with Crippen molar-refractivity contribution in [1.29, 1.82) is 0 Å². The second-order valence-electron chi connectivity index (χ2n) is 7.52. The fraction of sp³-hybridized carbons (Fsp3) is 0.435. The van der Waals surface area contributed by atoms with Gasteiger partial charge >= 0.3 is 0 Å². The van der Waals surface area contributed by atoms with Crippen molar-refractivity contribution in [2.45, 2.75) is 38.8 Å². The van der Waals surface area contributed by atoms with Crippen LogP contribution in [0, 0.1) is 11.7 Å². The molecule has 160 valence electrons. The largest absolute Gasteiger partial charge is 0.314 e. The van der Waals surface area contributed by atoms with E-state index in [9.17, 15) is 9.18 Å². The molecule has 0 saturated carbocycles. The van der Waals surface area contributed by atoms with E-state index in [1.165, 1.54) is 30.5 Å². The van der Waals surface area contributed by atoms with E-state index in [2.05, 4.69) is 47.5 Å². The molecular weight excluding hydrogens is 410 g/mol. The van der Waals surface area contributed by atoms with Crippen LogP contribution in [0.25, 0.3) is 0 Å². The van der Waals surface area contributed by atoms with E-state index >= 15 is 0 Å². The molecule has 1 saturated heterocycles. The number of carbonyl (C=O) groups excluding carboxylic acids is 1. The first kappa shape index (κ1) is 25.6. The lowest BCUT2D eigenvalue weighted by Gasteiger charge is -2.35. The fourth-order valence-electron chi connectivity index (χ4n) is 3.81. The zero-order chi connectivity index (χ0) is 19.1. The number of ketones is 1. The van der Waals surface area contributed by atoms with Crippen molar-refractivity contribution in [3.05, 3.63) is 71.5 Å². The van der Waals surface area contributed by atoms with Gasteiger partial charge in [0.05, 0.1) is 0 Å². The first-order chi connectivity index (χ1) is 13.1. The molecule has 0 spiro atoms. The molecule has 1 aliphatic heterocycles. The fourth-order valence-corrected chi connectivity index (χ4v) is 3.81. The Morgan fingerprint density at radius 2 is 1.69 bits per heavy atom. The summed E-state index contributed by atoms with van der Waals surface area (Å²) in [5.41, 5.74) is 1.96. The molecular formula is C23H31Cl2FN2O. The van der Waals surface area contributed by atoms with Crippen molar-refractivity contribution >= 4 is 30.6 Å². The van der Waals surface area contributed by atoms with Crippen LogP contribution in [0.15, 0.2) is 54.6 Å². The van der Waals surface area contributed by atoms with Crippen LogP contribution in [-0.2, 0) is 6.54 Å². The monoisotopic (exact) mass is 440 g/mol. The molecule has 6 heteroatoms. The third-order valence-electron chi connectivity index (χ3n) is 5.57. The Kier molecular flexibility index (Phi) is 11.4. The Hall–Kier alpha value is -1.46. The number of halogens is 3. The number of rotatable bonds is 8. The number of likely N-dealkylation sites (tertiary alicyclic amines) is 1. The summed E-state index contributed by atoms with van der Waals surface area (Å²) in [6.45, 7) is 6.17. The van der Waals surface area contributed by atoms with Gasteiger partial charge in [0.25, 0.3) is 0 Å². The summed E-state index contributed by atoms with van der Waals surface area (Å²) in [5, 5.41) is 3.52. The van der Waals surface area contributed by atoms with Crippen molar-refractivity contribution in [2.24, 2.45) is 5.92 Å². The smallest absolute Gasteiger partial charge is 0.164 e. The van der Waals surface area contributed by atoms with Gasteiger partial charge in [-0.2, -0.15) is 0 Å². The van der Waals surface area contributed by atoms with Crippen LogP contribution < -0.4 is 5.32 Å². The Morgan fingerprint density at radius 1 is 1.07 bits per heavy atom. The maximum absolute atomic E-state index is 12.9.